The van der Waals surface area contributed by atoms with Gasteiger partial charge in [-0.15, -0.1) is 13.2 Å². The van der Waals surface area contributed by atoms with Crippen molar-refractivity contribution in [1.82, 2.24) is 0 Å². The molecular formula is C15H7BrF3NO3. The summed E-state index contributed by atoms with van der Waals surface area (Å²) in [5.74, 6) is -1.72. The average Bonchev–Trinajstić information content (AvgIpc) is 2.69. The second-order valence-electron chi connectivity index (χ2n) is 4.68. The number of carbonyl (C=O) groups excluding carboxylic acids is 2. The predicted octanol–water partition coefficient (Wildman–Crippen LogP) is 4.15. The van der Waals surface area contributed by atoms with Crippen LogP contribution in [-0.4, -0.2) is 18.2 Å². The summed E-state index contributed by atoms with van der Waals surface area (Å²) >= 11 is 3.05. The maximum absolute atomic E-state index is 12.4. The summed E-state index contributed by atoms with van der Waals surface area (Å²) in [5, 5.41) is 0. The first-order valence-corrected chi connectivity index (χ1v) is 7.10. The third kappa shape index (κ3) is 2.94. The zero-order valence-corrected chi connectivity index (χ0v) is 12.8. The van der Waals surface area contributed by atoms with Crippen molar-refractivity contribution < 1.29 is 27.5 Å². The fraction of sp³-hybridized carbons (Fsp3) is 0.0667. The van der Waals surface area contributed by atoms with E-state index in [-0.39, 0.29) is 21.3 Å². The molecule has 0 radical (unpaired) electrons. The van der Waals surface area contributed by atoms with Crippen LogP contribution in [0.1, 0.15) is 20.7 Å². The quantitative estimate of drug-likeness (QED) is 0.729. The Morgan fingerprint density at radius 2 is 1.52 bits per heavy atom. The van der Waals surface area contributed by atoms with E-state index in [0.717, 1.165) is 17.0 Å². The Bertz CT molecular complexity index is 785. The van der Waals surface area contributed by atoms with E-state index in [0.29, 0.717) is 0 Å². The first-order valence-electron chi connectivity index (χ1n) is 6.30. The van der Waals surface area contributed by atoms with E-state index in [2.05, 4.69) is 20.7 Å². The van der Waals surface area contributed by atoms with Gasteiger partial charge in [0, 0.05) is 10.5 Å². The molecule has 1 aliphatic heterocycles. The number of rotatable bonds is 2. The Morgan fingerprint density at radius 3 is 2.04 bits per heavy atom. The van der Waals surface area contributed by atoms with Gasteiger partial charge in [-0.05, 0) is 24.3 Å². The van der Waals surface area contributed by atoms with E-state index >= 15 is 0 Å². The van der Waals surface area contributed by atoms with Crippen LogP contribution < -0.4 is 9.64 Å². The monoisotopic (exact) mass is 385 g/mol. The smallest absolute Gasteiger partial charge is 0.406 e. The number of alkyl halides is 3. The lowest BCUT2D eigenvalue weighted by Crippen LogP contribution is -2.29. The van der Waals surface area contributed by atoms with E-state index < -0.39 is 23.9 Å². The molecular weight excluding hydrogens is 379 g/mol. The molecule has 0 unspecified atom stereocenters. The lowest BCUT2D eigenvalue weighted by molar-refractivity contribution is -0.274. The fourth-order valence-corrected chi connectivity index (χ4v) is 2.75. The van der Waals surface area contributed by atoms with Crippen molar-refractivity contribution >= 4 is 33.4 Å². The summed E-state index contributed by atoms with van der Waals surface area (Å²) in [6.45, 7) is 0. The maximum Gasteiger partial charge on any atom is 0.573 e. The third-order valence-corrected chi connectivity index (χ3v) is 3.60. The molecule has 0 aromatic heterocycles. The Labute approximate surface area is 136 Å². The standard InChI is InChI=1S/C15H7BrF3NO3/c16-8-5-9(7-10(6-8)23-15(17,18)19)20-13(21)11-3-1-2-4-12(11)14(20)22/h1-7H. The van der Waals surface area contributed by atoms with Crippen molar-refractivity contribution in [3.05, 3.63) is 58.1 Å². The molecule has 23 heavy (non-hydrogen) atoms. The van der Waals surface area contributed by atoms with Gasteiger partial charge in [0.15, 0.2) is 0 Å². The summed E-state index contributed by atoms with van der Waals surface area (Å²) in [7, 11) is 0. The molecule has 2 aromatic carbocycles. The van der Waals surface area contributed by atoms with Crippen LogP contribution in [0.25, 0.3) is 0 Å². The van der Waals surface area contributed by atoms with Gasteiger partial charge < -0.3 is 4.74 Å². The molecule has 3 rings (SSSR count). The molecule has 1 heterocycles. The van der Waals surface area contributed by atoms with Gasteiger partial charge in [0.25, 0.3) is 11.8 Å². The molecule has 0 bridgehead atoms. The average molecular weight is 386 g/mol. The SMILES string of the molecule is O=C1c2ccccc2C(=O)N1c1cc(Br)cc(OC(F)(F)F)c1. The minimum absolute atomic E-state index is 0.00942. The zero-order chi connectivity index (χ0) is 16.8. The van der Waals surface area contributed by atoms with Gasteiger partial charge in [0.05, 0.1) is 16.8 Å². The van der Waals surface area contributed by atoms with Crippen molar-refractivity contribution in [1.29, 1.82) is 0 Å². The van der Waals surface area contributed by atoms with Crippen LogP contribution in [0, 0.1) is 0 Å². The van der Waals surface area contributed by atoms with Crippen LogP contribution in [0.3, 0.4) is 0 Å². The molecule has 0 aliphatic carbocycles. The summed E-state index contributed by atoms with van der Waals surface area (Å²) in [6.07, 6.45) is -4.87. The number of hydrogen-bond donors (Lipinski definition) is 0. The van der Waals surface area contributed by atoms with Crippen molar-refractivity contribution in [2.75, 3.05) is 4.90 Å². The lowest BCUT2D eigenvalue weighted by Gasteiger charge is -2.16. The third-order valence-electron chi connectivity index (χ3n) is 3.14. The highest BCUT2D eigenvalue weighted by atomic mass is 79.9. The molecule has 2 aromatic rings. The molecule has 0 spiro atoms. The van der Waals surface area contributed by atoms with Crippen LogP contribution in [0.2, 0.25) is 0 Å². The number of carbonyl (C=O) groups is 2. The van der Waals surface area contributed by atoms with E-state index in [1.165, 1.54) is 18.2 Å². The number of anilines is 1. The largest absolute Gasteiger partial charge is 0.573 e. The highest BCUT2D eigenvalue weighted by molar-refractivity contribution is 9.10. The molecule has 0 atom stereocenters. The zero-order valence-electron chi connectivity index (χ0n) is 11.2. The Morgan fingerprint density at radius 1 is 0.957 bits per heavy atom. The minimum Gasteiger partial charge on any atom is -0.406 e. The van der Waals surface area contributed by atoms with Gasteiger partial charge in [0.2, 0.25) is 0 Å². The lowest BCUT2D eigenvalue weighted by atomic mass is 10.1. The molecule has 0 fully saturated rings. The molecule has 1 aliphatic rings. The van der Waals surface area contributed by atoms with Crippen molar-refractivity contribution in [2.24, 2.45) is 0 Å². The van der Waals surface area contributed by atoms with E-state index in [1.807, 2.05) is 0 Å². The molecule has 8 heteroatoms. The van der Waals surface area contributed by atoms with E-state index in [9.17, 15) is 22.8 Å². The molecule has 118 valence electrons. The van der Waals surface area contributed by atoms with E-state index in [4.69, 9.17) is 0 Å². The maximum atomic E-state index is 12.4. The van der Waals surface area contributed by atoms with Crippen molar-refractivity contribution in [3.63, 3.8) is 0 Å². The number of amides is 2. The Hall–Kier alpha value is -2.35. The number of benzene rings is 2. The highest BCUT2D eigenvalue weighted by Crippen LogP contribution is 2.34. The first kappa shape index (κ1) is 15.5. The number of imide groups is 1. The number of halogens is 4. The number of nitrogens with zero attached hydrogens (tertiary/aromatic N) is 1. The predicted molar refractivity (Wildman–Crippen MR) is 78.4 cm³/mol. The van der Waals surface area contributed by atoms with Gasteiger partial charge in [0.1, 0.15) is 5.75 Å². The Balaban J connectivity index is 2.03. The second kappa shape index (κ2) is 5.38. The van der Waals surface area contributed by atoms with E-state index in [1.54, 1.807) is 12.1 Å². The van der Waals surface area contributed by atoms with Gasteiger partial charge in [-0.3, -0.25) is 9.59 Å². The number of ether oxygens (including phenoxy) is 1. The van der Waals surface area contributed by atoms with Crippen LogP contribution in [0.4, 0.5) is 18.9 Å². The van der Waals surface area contributed by atoms with Gasteiger partial charge in [-0.2, -0.15) is 0 Å². The molecule has 0 N–H and O–H groups in total. The fourth-order valence-electron chi connectivity index (χ4n) is 2.29. The normalized spacial score (nSPS) is 14.2. The second-order valence-corrected chi connectivity index (χ2v) is 5.60. The summed E-state index contributed by atoms with van der Waals surface area (Å²) in [4.78, 5) is 25.5. The molecule has 2 amide bonds. The van der Waals surface area contributed by atoms with Crippen LogP contribution >= 0.6 is 15.9 Å². The number of hydrogen-bond acceptors (Lipinski definition) is 3. The summed E-state index contributed by atoms with van der Waals surface area (Å²) in [5.41, 5.74) is 0.399. The van der Waals surface area contributed by atoms with Gasteiger partial charge in [-0.25, -0.2) is 4.90 Å². The van der Waals surface area contributed by atoms with Crippen LogP contribution in [-0.2, 0) is 0 Å². The van der Waals surface area contributed by atoms with Crippen molar-refractivity contribution in [3.8, 4) is 5.75 Å². The van der Waals surface area contributed by atoms with Crippen molar-refractivity contribution in [2.45, 2.75) is 6.36 Å². The van der Waals surface area contributed by atoms with Crippen LogP contribution in [0.15, 0.2) is 46.9 Å². The molecule has 0 saturated carbocycles. The Kier molecular flexibility index (Phi) is 3.63. The molecule has 0 saturated heterocycles. The summed E-state index contributed by atoms with van der Waals surface area (Å²) in [6, 6.07) is 9.63. The topological polar surface area (TPSA) is 46.6 Å². The highest BCUT2D eigenvalue weighted by Gasteiger charge is 2.37. The molecule has 4 nitrogen and oxygen atoms in total. The first-order chi connectivity index (χ1) is 10.8. The van der Waals surface area contributed by atoms with Crippen LogP contribution in [0.5, 0.6) is 5.75 Å². The summed E-state index contributed by atoms with van der Waals surface area (Å²) < 4.78 is 41.2. The number of fused-ring (bicyclic) bond motifs is 1. The van der Waals surface area contributed by atoms with Gasteiger partial charge >= 0.3 is 6.36 Å². The minimum atomic E-state index is -4.87. The van der Waals surface area contributed by atoms with Gasteiger partial charge in [-0.1, -0.05) is 28.1 Å².